The first kappa shape index (κ1) is 26.3. The third-order valence-corrected chi connectivity index (χ3v) is 7.02. The van der Waals surface area contributed by atoms with Gasteiger partial charge in [0.2, 0.25) is 0 Å². The van der Waals surface area contributed by atoms with E-state index in [1.54, 1.807) is 30.3 Å². The van der Waals surface area contributed by atoms with Crippen molar-refractivity contribution in [1.82, 2.24) is 0 Å². The number of hydrogen-bond donors (Lipinski definition) is 1. The minimum Gasteiger partial charge on any atom is -0.507 e. The lowest BCUT2D eigenvalue weighted by Gasteiger charge is -2.27. The summed E-state index contributed by atoms with van der Waals surface area (Å²) in [5.74, 6) is -1.29. The van der Waals surface area contributed by atoms with Crippen LogP contribution in [0.4, 0.5) is 11.4 Å². The highest BCUT2D eigenvalue weighted by Gasteiger charge is 2.47. The molecule has 0 spiro atoms. The zero-order valence-corrected chi connectivity index (χ0v) is 22.5. The van der Waals surface area contributed by atoms with Crippen molar-refractivity contribution >= 4 is 40.4 Å². The minimum atomic E-state index is -0.836. The number of hydrogen-bond acceptors (Lipinski definition) is 5. The maximum absolute atomic E-state index is 13.5. The van der Waals surface area contributed by atoms with E-state index in [1.807, 2.05) is 44.2 Å². The van der Waals surface area contributed by atoms with E-state index in [4.69, 9.17) is 16.3 Å². The van der Waals surface area contributed by atoms with Crippen molar-refractivity contribution in [2.45, 2.75) is 33.7 Å². The second-order valence-electron chi connectivity index (χ2n) is 9.07. The quantitative estimate of drug-likeness (QED) is 0.221. The Morgan fingerprint density at radius 2 is 1.62 bits per heavy atom. The first-order valence-corrected chi connectivity index (χ1v) is 12.7. The van der Waals surface area contributed by atoms with Crippen LogP contribution in [-0.2, 0) is 9.59 Å². The fraction of sp³-hybridized carbons (Fsp3) is 0.267. The van der Waals surface area contributed by atoms with E-state index in [0.717, 1.165) is 29.9 Å². The summed E-state index contributed by atoms with van der Waals surface area (Å²) in [6, 6.07) is 17.3. The summed E-state index contributed by atoms with van der Waals surface area (Å²) in [6.07, 6.45) is 0. The van der Waals surface area contributed by atoms with E-state index in [0.29, 0.717) is 27.6 Å². The van der Waals surface area contributed by atoms with Crippen LogP contribution in [0, 0.1) is 13.8 Å². The summed E-state index contributed by atoms with van der Waals surface area (Å²) in [4.78, 5) is 30.6. The van der Waals surface area contributed by atoms with E-state index >= 15 is 0 Å². The SMILES string of the molecule is CCN(CC)c1ccc(C2/C(=C(\O)c3cc(C)cc(C)c3OC)C(=O)C(=O)N2c2ccc(Cl)cc2)cc1. The van der Waals surface area contributed by atoms with Gasteiger partial charge in [-0.05, 0) is 86.8 Å². The van der Waals surface area contributed by atoms with Gasteiger partial charge in [-0.15, -0.1) is 0 Å². The van der Waals surface area contributed by atoms with Gasteiger partial charge >= 0.3 is 0 Å². The largest absolute Gasteiger partial charge is 0.507 e. The van der Waals surface area contributed by atoms with Gasteiger partial charge in [0.1, 0.15) is 11.5 Å². The molecule has 1 aliphatic rings. The predicted molar refractivity (Wildman–Crippen MR) is 149 cm³/mol. The lowest BCUT2D eigenvalue weighted by atomic mass is 9.93. The molecule has 0 radical (unpaired) electrons. The molecule has 3 aromatic rings. The smallest absolute Gasteiger partial charge is 0.300 e. The molecule has 4 rings (SSSR count). The molecule has 1 saturated heterocycles. The number of nitrogens with zero attached hydrogens (tertiary/aromatic N) is 2. The number of rotatable bonds is 7. The van der Waals surface area contributed by atoms with Crippen LogP contribution in [0.15, 0.2) is 66.2 Å². The molecular formula is C30H31ClN2O4. The number of aryl methyl sites for hydroxylation is 2. The Balaban J connectivity index is 1.96. The second-order valence-corrected chi connectivity index (χ2v) is 9.51. The van der Waals surface area contributed by atoms with Crippen LogP contribution in [-0.4, -0.2) is 37.0 Å². The number of carbonyl (C=O) groups excluding carboxylic acids is 2. The van der Waals surface area contributed by atoms with Crippen molar-refractivity contribution in [3.05, 3.63) is 93.5 Å². The zero-order chi connectivity index (χ0) is 26.9. The first-order valence-electron chi connectivity index (χ1n) is 12.3. The highest BCUT2D eigenvalue weighted by Crippen LogP contribution is 2.44. The third kappa shape index (κ3) is 4.81. The molecular weight excluding hydrogens is 488 g/mol. The van der Waals surface area contributed by atoms with Gasteiger partial charge in [-0.25, -0.2) is 0 Å². The van der Waals surface area contributed by atoms with Gasteiger partial charge in [0.15, 0.2) is 0 Å². The number of aliphatic hydroxyl groups is 1. The average Bonchev–Trinajstić information content (AvgIpc) is 3.15. The van der Waals surface area contributed by atoms with E-state index < -0.39 is 17.7 Å². The van der Waals surface area contributed by atoms with Crippen LogP contribution in [0.3, 0.4) is 0 Å². The summed E-state index contributed by atoms with van der Waals surface area (Å²) in [6.45, 7) is 9.66. The van der Waals surface area contributed by atoms with Gasteiger partial charge in [-0.3, -0.25) is 14.5 Å². The predicted octanol–water partition coefficient (Wildman–Crippen LogP) is 6.44. The summed E-state index contributed by atoms with van der Waals surface area (Å²) >= 11 is 6.10. The van der Waals surface area contributed by atoms with Crippen molar-refractivity contribution in [1.29, 1.82) is 0 Å². The molecule has 1 fully saturated rings. The second kappa shape index (κ2) is 10.7. The maximum Gasteiger partial charge on any atom is 0.300 e. The van der Waals surface area contributed by atoms with E-state index in [9.17, 15) is 14.7 Å². The summed E-state index contributed by atoms with van der Waals surface area (Å²) in [5, 5.41) is 12.1. The number of Topliss-reactive ketones (excluding diaryl/α,β-unsaturated/α-hetero) is 1. The normalized spacial score (nSPS) is 16.8. The Hall–Kier alpha value is -3.77. The molecule has 7 heteroatoms. The van der Waals surface area contributed by atoms with E-state index in [2.05, 4.69) is 18.7 Å². The molecule has 1 heterocycles. The van der Waals surface area contributed by atoms with Crippen molar-refractivity contribution in [3.8, 4) is 5.75 Å². The van der Waals surface area contributed by atoms with Gasteiger partial charge in [0.25, 0.3) is 11.7 Å². The van der Waals surface area contributed by atoms with Crippen LogP contribution in [0.25, 0.3) is 5.76 Å². The number of halogens is 1. The number of ketones is 1. The van der Waals surface area contributed by atoms with Gasteiger partial charge in [-0.1, -0.05) is 29.8 Å². The fourth-order valence-corrected chi connectivity index (χ4v) is 5.14. The van der Waals surface area contributed by atoms with Gasteiger partial charge < -0.3 is 14.7 Å². The number of aliphatic hydroxyl groups excluding tert-OH is 1. The fourth-order valence-electron chi connectivity index (χ4n) is 5.02. The van der Waals surface area contributed by atoms with Gasteiger partial charge in [0, 0.05) is 29.5 Å². The molecule has 0 bridgehead atoms. The molecule has 3 aromatic carbocycles. The minimum absolute atomic E-state index is 0.0128. The van der Waals surface area contributed by atoms with Gasteiger partial charge in [0.05, 0.1) is 24.3 Å². The molecule has 1 aliphatic heterocycles. The Kier molecular flexibility index (Phi) is 7.60. The highest BCUT2D eigenvalue weighted by molar-refractivity contribution is 6.51. The molecule has 192 valence electrons. The van der Waals surface area contributed by atoms with Crippen molar-refractivity contribution in [2.75, 3.05) is 30.0 Å². The van der Waals surface area contributed by atoms with E-state index in [1.165, 1.54) is 12.0 Å². The molecule has 1 atom stereocenters. The maximum atomic E-state index is 13.5. The highest BCUT2D eigenvalue weighted by atomic mass is 35.5. The number of amides is 1. The van der Waals surface area contributed by atoms with Crippen LogP contribution in [0.2, 0.25) is 5.02 Å². The number of methoxy groups -OCH3 is 1. The monoisotopic (exact) mass is 518 g/mol. The number of benzene rings is 3. The molecule has 0 aromatic heterocycles. The van der Waals surface area contributed by atoms with Crippen LogP contribution >= 0.6 is 11.6 Å². The Bertz CT molecular complexity index is 1360. The molecule has 1 amide bonds. The van der Waals surface area contributed by atoms with Crippen LogP contribution < -0.4 is 14.5 Å². The Morgan fingerprint density at radius 3 is 2.19 bits per heavy atom. The van der Waals surface area contributed by atoms with Crippen molar-refractivity contribution < 1.29 is 19.4 Å². The number of anilines is 2. The van der Waals surface area contributed by atoms with Crippen molar-refractivity contribution in [3.63, 3.8) is 0 Å². The molecule has 0 saturated carbocycles. The molecule has 6 nitrogen and oxygen atoms in total. The number of carbonyl (C=O) groups is 2. The lowest BCUT2D eigenvalue weighted by molar-refractivity contribution is -0.132. The zero-order valence-electron chi connectivity index (χ0n) is 21.7. The molecule has 37 heavy (non-hydrogen) atoms. The number of ether oxygens (including phenoxy) is 1. The summed E-state index contributed by atoms with van der Waals surface area (Å²) in [5.41, 5.74) is 4.35. The molecule has 1 N–H and O–H groups in total. The van der Waals surface area contributed by atoms with Crippen LogP contribution in [0.1, 0.15) is 42.1 Å². The Morgan fingerprint density at radius 1 is 1.00 bits per heavy atom. The Labute approximate surface area is 222 Å². The standard InChI is InChI=1S/C30H31ClN2O4/c1-6-32(7-2)22-12-8-20(9-13-22)26-25(27(34)24-17-18(3)16-19(4)29(24)37-5)28(35)30(36)33(26)23-14-10-21(31)11-15-23/h8-17,26,34H,6-7H2,1-5H3/b27-25+. The topological polar surface area (TPSA) is 70.1 Å². The van der Waals surface area contributed by atoms with Gasteiger partial charge in [-0.2, -0.15) is 0 Å². The van der Waals surface area contributed by atoms with Crippen LogP contribution in [0.5, 0.6) is 5.75 Å². The summed E-state index contributed by atoms with van der Waals surface area (Å²) in [7, 11) is 1.52. The lowest BCUT2D eigenvalue weighted by Crippen LogP contribution is -2.29. The average molecular weight is 519 g/mol. The molecule has 0 aliphatic carbocycles. The molecule has 1 unspecified atom stereocenters. The third-order valence-electron chi connectivity index (χ3n) is 6.76. The van der Waals surface area contributed by atoms with Crippen molar-refractivity contribution in [2.24, 2.45) is 0 Å². The first-order chi connectivity index (χ1) is 17.7. The summed E-state index contributed by atoms with van der Waals surface area (Å²) < 4.78 is 5.58. The van der Waals surface area contributed by atoms with E-state index in [-0.39, 0.29) is 11.3 Å².